The van der Waals surface area contributed by atoms with Gasteiger partial charge in [-0.1, -0.05) is 30.7 Å². The maximum absolute atomic E-state index is 11.6. The summed E-state index contributed by atoms with van der Waals surface area (Å²) >= 11 is 5.95. The summed E-state index contributed by atoms with van der Waals surface area (Å²) in [5.41, 5.74) is 1.29. The second kappa shape index (κ2) is 6.26. The van der Waals surface area contributed by atoms with Gasteiger partial charge in [0.15, 0.2) is 0 Å². The molecule has 3 N–H and O–H groups in total. The number of urea groups is 1. The molecule has 0 aliphatic rings. The molecule has 1 unspecified atom stereocenters. The predicted molar refractivity (Wildman–Crippen MR) is 70.1 cm³/mol. The van der Waals surface area contributed by atoms with E-state index in [1.54, 1.807) is 32.0 Å². The lowest BCUT2D eigenvalue weighted by molar-refractivity contribution is -0.139. The first-order valence-corrected chi connectivity index (χ1v) is 5.89. The van der Waals surface area contributed by atoms with E-state index in [0.29, 0.717) is 17.1 Å². The number of aliphatic carboxylic acids is 1. The van der Waals surface area contributed by atoms with Crippen molar-refractivity contribution < 1.29 is 14.7 Å². The Morgan fingerprint density at radius 2 is 2.11 bits per heavy atom. The molecular formula is C12H15ClN2O3. The number of carbonyl (C=O) groups is 2. The van der Waals surface area contributed by atoms with Crippen molar-refractivity contribution in [2.75, 3.05) is 5.32 Å². The van der Waals surface area contributed by atoms with Gasteiger partial charge in [0.1, 0.15) is 6.04 Å². The maximum Gasteiger partial charge on any atom is 0.326 e. The van der Waals surface area contributed by atoms with Gasteiger partial charge in [0.25, 0.3) is 0 Å². The van der Waals surface area contributed by atoms with Gasteiger partial charge >= 0.3 is 12.0 Å². The molecule has 0 aliphatic carbocycles. The van der Waals surface area contributed by atoms with Crippen molar-refractivity contribution in [2.24, 2.45) is 0 Å². The van der Waals surface area contributed by atoms with Crippen LogP contribution in [0.5, 0.6) is 0 Å². The number of para-hydroxylation sites is 1. The smallest absolute Gasteiger partial charge is 0.326 e. The first-order chi connectivity index (χ1) is 8.45. The summed E-state index contributed by atoms with van der Waals surface area (Å²) < 4.78 is 0. The van der Waals surface area contributed by atoms with Crippen LogP contribution in [0.15, 0.2) is 18.2 Å². The molecule has 0 spiro atoms. The molecule has 0 bridgehead atoms. The van der Waals surface area contributed by atoms with Crippen molar-refractivity contribution in [3.05, 3.63) is 28.8 Å². The lowest BCUT2D eigenvalue weighted by Gasteiger charge is -2.15. The van der Waals surface area contributed by atoms with E-state index in [2.05, 4.69) is 10.6 Å². The third kappa shape index (κ3) is 3.63. The number of halogens is 1. The average Bonchev–Trinajstić information content (AvgIpc) is 2.30. The summed E-state index contributed by atoms with van der Waals surface area (Å²) in [6, 6.07) is 3.73. The van der Waals surface area contributed by atoms with E-state index in [4.69, 9.17) is 16.7 Å². The molecule has 98 valence electrons. The van der Waals surface area contributed by atoms with Gasteiger partial charge in [0.2, 0.25) is 0 Å². The van der Waals surface area contributed by atoms with Gasteiger partial charge in [-0.25, -0.2) is 9.59 Å². The fourth-order valence-corrected chi connectivity index (χ4v) is 1.71. The van der Waals surface area contributed by atoms with E-state index in [-0.39, 0.29) is 0 Å². The van der Waals surface area contributed by atoms with Crippen LogP contribution >= 0.6 is 11.6 Å². The minimum atomic E-state index is -1.07. The third-order valence-electron chi connectivity index (χ3n) is 2.47. The molecule has 0 saturated heterocycles. The molecule has 6 heteroatoms. The van der Waals surface area contributed by atoms with Crippen molar-refractivity contribution in [2.45, 2.75) is 26.3 Å². The van der Waals surface area contributed by atoms with Crippen molar-refractivity contribution in [3.8, 4) is 0 Å². The molecule has 0 aromatic heterocycles. The Balaban J connectivity index is 2.73. The van der Waals surface area contributed by atoms with E-state index >= 15 is 0 Å². The molecule has 1 aromatic rings. The summed E-state index contributed by atoms with van der Waals surface area (Å²) in [4.78, 5) is 22.4. The van der Waals surface area contributed by atoms with Crippen molar-refractivity contribution in [3.63, 3.8) is 0 Å². The summed E-state index contributed by atoms with van der Waals surface area (Å²) in [6.45, 7) is 3.48. The van der Waals surface area contributed by atoms with Crippen molar-refractivity contribution in [1.82, 2.24) is 5.32 Å². The molecule has 1 aromatic carbocycles. The lowest BCUT2D eigenvalue weighted by atomic mass is 10.2. The Hall–Kier alpha value is -1.75. The van der Waals surface area contributed by atoms with Crippen LogP contribution in [0, 0.1) is 6.92 Å². The summed E-state index contributed by atoms with van der Waals surface area (Å²) in [7, 11) is 0. The number of anilines is 1. The number of amides is 2. The number of carbonyl (C=O) groups excluding carboxylic acids is 1. The van der Waals surface area contributed by atoms with Gasteiger partial charge in [-0.3, -0.25) is 0 Å². The standard InChI is InChI=1S/C12H15ClN2O3/c1-3-9(11(16)17)14-12(18)15-10-7(2)5-4-6-8(10)13/h4-6,9H,3H2,1-2H3,(H,16,17)(H2,14,15,18). The van der Waals surface area contributed by atoms with Crippen LogP contribution < -0.4 is 10.6 Å². The van der Waals surface area contributed by atoms with Gasteiger partial charge < -0.3 is 15.7 Å². The number of carboxylic acids is 1. The SMILES string of the molecule is CCC(NC(=O)Nc1c(C)cccc1Cl)C(=O)O. The van der Waals surface area contributed by atoms with Crippen LogP contribution in [0.1, 0.15) is 18.9 Å². The quantitative estimate of drug-likeness (QED) is 0.787. The van der Waals surface area contributed by atoms with Gasteiger partial charge in [-0.2, -0.15) is 0 Å². The van der Waals surface area contributed by atoms with Crippen LogP contribution in [0.4, 0.5) is 10.5 Å². The number of carboxylic acid groups (broad SMARTS) is 1. The molecular weight excluding hydrogens is 256 g/mol. The van der Waals surface area contributed by atoms with Gasteiger partial charge in [0, 0.05) is 0 Å². The molecule has 2 amide bonds. The van der Waals surface area contributed by atoms with Gasteiger partial charge in [-0.05, 0) is 25.0 Å². The van der Waals surface area contributed by atoms with Crippen molar-refractivity contribution in [1.29, 1.82) is 0 Å². The first kappa shape index (κ1) is 14.3. The number of rotatable bonds is 4. The average molecular weight is 271 g/mol. The van der Waals surface area contributed by atoms with Crippen LogP contribution in [-0.4, -0.2) is 23.1 Å². The fourth-order valence-electron chi connectivity index (χ4n) is 1.44. The molecule has 0 radical (unpaired) electrons. The lowest BCUT2D eigenvalue weighted by Crippen LogP contribution is -2.42. The van der Waals surface area contributed by atoms with Gasteiger partial charge in [0.05, 0.1) is 10.7 Å². The monoisotopic (exact) mass is 270 g/mol. The minimum absolute atomic E-state index is 0.310. The van der Waals surface area contributed by atoms with E-state index in [0.717, 1.165) is 5.56 Å². The number of hydrogen-bond donors (Lipinski definition) is 3. The molecule has 5 nitrogen and oxygen atoms in total. The van der Waals surface area contributed by atoms with E-state index in [9.17, 15) is 9.59 Å². The topological polar surface area (TPSA) is 78.4 Å². The van der Waals surface area contributed by atoms with E-state index in [1.165, 1.54) is 0 Å². The zero-order valence-corrected chi connectivity index (χ0v) is 10.9. The molecule has 1 rings (SSSR count). The summed E-state index contributed by atoms with van der Waals surface area (Å²) in [5, 5.41) is 14.2. The zero-order chi connectivity index (χ0) is 13.7. The fraction of sp³-hybridized carbons (Fsp3) is 0.333. The highest BCUT2D eigenvalue weighted by Crippen LogP contribution is 2.24. The number of aryl methyl sites for hydroxylation is 1. The summed E-state index contributed by atoms with van der Waals surface area (Å²) in [6.07, 6.45) is 0.310. The minimum Gasteiger partial charge on any atom is -0.480 e. The Kier molecular flexibility index (Phi) is 4.97. The van der Waals surface area contributed by atoms with Crippen LogP contribution in [-0.2, 0) is 4.79 Å². The normalized spacial score (nSPS) is 11.7. The molecule has 0 heterocycles. The van der Waals surface area contributed by atoms with Gasteiger partial charge in [-0.15, -0.1) is 0 Å². The number of hydrogen-bond acceptors (Lipinski definition) is 2. The third-order valence-corrected chi connectivity index (χ3v) is 2.79. The highest BCUT2D eigenvalue weighted by atomic mass is 35.5. The van der Waals surface area contributed by atoms with Crippen LogP contribution in [0.25, 0.3) is 0 Å². The number of nitrogens with one attached hydrogen (secondary N) is 2. The van der Waals surface area contributed by atoms with E-state index < -0.39 is 18.0 Å². The van der Waals surface area contributed by atoms with E-state index in [1.807, 2.05) is 0 Å². The largest absolute Gasteiger partial charge is 0.480 e. The summed E-state index contributed by atoms with van der Waals surface area (Å²) in [5.74, 6) is -1.07. The zero-order valence-electron chi connectivity index (χ0n) is 10.2. The second-order valence-electron chi connectivity index (χ2n) is 3.83. The molecule has 18 heavy (non-hydrogen) atoms. The van der Waals surface area contributed by atoms with Crippen molar-refractivity contribution >= 4 is 29.3 Å². The number of benzene rings is 1. The molecule has 0 aliphatic heterocycles. The molecule has 0 saturated carbocycles. The highest BCUT2D eigenvalue weighted by molar-refractivity contribution is 6.33. The highest BCUT2D eigenvalue weighted by Gasteiger charge is 2.18. The first-order valence-electron chi connectivity index (χ1n) is 5.51. The Bertz CT molecular complexity index is 442. The Morgan fingerprint density at radius 1 is 1.44 bits per heavy atom. The predicted octanol–water partition coefficient (Wildman–Crippen LogP) is 2.63. The second-order valence-corrected chi connectivity index (χ2v) is 4.24. The molecule has 1 atom stereocenters. The Labute approximate surface area is 110 Å². The Morgan fingerprint density at radius 3 is 2.61 bits per heavy atom. The maximum atomic E-state index is 11.6. The molecule has 0 fully saturated rings. The van der Waals surface area contributed by atoms with Crippen LogP contribution in [0.3, 0.4) is 0 Å². The van der Waals surface area contributed by atoms with Crippen LogP contribution in [0.2, 0.25) is 5.02 Å².